The van der Waals surface area contributed by atoms with Crippen molar-refractivity contribution in [2.75, 3.05) is 0 Å². The fourth-order valence-electron chi connectivity index (χ4n) is 6.89. The van der Waals surface area contributed by atoms with Crippen LogP contribution in [0.2, 0.25) is 0 Å². The predicted molar refractivity (Wildman–Crippen MR) is 91.9 cm³/mol. The van der Waals surface area contributed by atoms with Crippen LogP contribution < -0.4 is 0 Å². The van der Waals surface area contributed by atoms with E-state index in [2.05, 4.69) is 13.8 Å². The van der Waals surface area contributed by atoms with E-state index in [1.807, 2.05) is 13.8 Å². The molecule has 0 aromatic carbocycles. The molecule has 4 fully saturated rings. The molecule has 6 unspecified atom stereocenters. The van der Waals surface area contributed by atoms with Crippen LogP contribution in [-0.2, 0) is 9.53 Å². The van der Waals surface area contributed by atoms with Gasteiger partial charge in [0.05, 0.1) is 5.41 Å². The Labute approximate surface area is 141 Å². The van der Waals surface area contributed by atoms with Crippen molar-refractivity contribution >= 4 is 5.97 Å². The Bertz CT molecular complexity index is 510. The summed E-state index contributed by atoms with van der Waals surface area (Å²) in [6, 6.07) is 0. The van der Waals surface area contributed by atoms with Crippen LogP contribution in [0.1, 0.15) is 85.5 Å². The molecule has 1 spiro atoms. The summed E-state index contributed by atoms with van der Waals surface area (Å²) in [7, 11) is 0. The maximum atomic E-state index is 12.7. The Morgan fingerprint density at radius 2 is 1.83 bits per heavy atom. The van der Waals surface area contributed by atoms with Gasteiger partial charge in [-0.2, -0.15) is 0 Å². The van der Waals surface area contributed by atoms with Crippen LogP contribution in [0.4, 0.5) is 0 Å². The third-order valence-corrected chi connectivity index (χ3v) is 8.70. The Hall–Kier alpha value is -0.530. The first kappa shape index (κ1) is 16.0. The van der Waals surface area contributed by atoms with Crippen molar-refractivity contribution in [2.45, 2.75) is 91.1 Å². The summed E-state index contributed by atoms with van der Waals surface area (Å²) < 4.78 is 6.28. The van der Waals surface area contributed by atoms with Gasteiger partial charge in [-0.25, -0.2) is 0 Å². The van der Waals surface area contributed by atoms with Crippen molar-refractivity contribution in [1.82, 2.24) is 0 Å². The van der Waals surface area contributed by atoms with Crippen molar-refractivity contribution in [1.29, 1.82) is 0 Å². The molecule has 4 bridgehead atoms. The maximum absolute atomic E-state index is 12.7. The molecule has 4 saturated carbocycles. The van der Waals surface area contributed by atoms with E-state index in [1.54, 1.807) is 0 Å². The molecule has 0 N–H and O–H groups in total. The average Bonchev–Trinajstić information content (AvgIpc) is 3.27. The van der Waals surface area contributed by atoms with E-state index in [0.717, 1.165) is 37.0 Å². The minimum atomic E-state index is -0.339. The van der Waals surface area contributed by atoms with Gasteiger partial charge in [0, 0.05) is 0 Å². The van der Waals surface area contributed by atoms with Crippen LogP contribution >= 0.6 is 0 Å². The number of ether oxygens (including phenoxy) is 1. The average molecular weight is 319 g/mol. The third kappa shape index (κ3) is 2.09. The van der Waals surface area contributed by atoms with Gasteiger partial charge in [-0.15, -0.1) is 0 Å². The highest BCUT2D eigenvalue weighted by Gasteiger charge is 2.67. The molecule has 0 aliphatic heterocycles. The molecule has 2 heteroatoms. The lowest BCUT2D eigenvalue weighted by Gasteiger charge is -2.48. The zero-order valence-electron chi connectivity index (χ0n) is 15.5. The van der Waals surface area contributed by atoms with E-state index in [4.69, 9.17) is 4.74 Å². The first-order chi connectivity index (χ1) is 10.9. The lowest BCUT2D eigenvalue weighted by atomic mass is 9.60. The summed E-state index contributed by atoms with van der Waals surface area (Å²) in [6.45, 7) is 8.39. The quantitative estimate of drug-likeness (QED) is 0.653. The second-order valence-electron chi connectivity index (χ2n) is 9.90. The highest BCUT2D eigenvalue weighted by Crippen LogP contribution is 2.72. The Kier molecular flexibility index (Phi) is 3.46. The number of carbonyl (C=O) groups is 1. The lowest BCUT2D eigenvalue weighted by molar-refractivity contribution is -0.181. The summed E-state index contributed by atoms with van der Waals surface area (Å²) in [5.74, 6) is 3.53. The largest absolute Gasteiger partial charge is 0.458 e. The monoisotopic (exact) mass is 318 g/mol. The standard InChI is InChI=1S/C21H34O2/c1-5-19(3,4)18(22)23-21(6-2)13-16-10-17(21)12-20(16)11-14-7-8-15(20)9-14/h14-17H,5-13H2,1-4H3. The molecule has 130 valence electrons. The Morgan fingerprint density at radius 3 is 2.30 bits per heavy atom. The zero-order chi connectivity index (χ0) is 16.5. The molecule has 6 atom stereocenters. The molecule has 0 aromatic rings. The first-order valence-electron chi connectivity index (χ1n) is 10.1. The van der Waals surface area contributed by atoms with Crippen LogP contribution in [0.3, 0.4) is 0 Å². The van der Waals surface area contributed by atoms with E-state index in [0.29, 0.717) is 11.3 Å². The molecule has 4 aliphatic carbocycles. The Morgan fingerprint density at radius 1 is 1.04 bits per heavy atom. The number of rotatable bonds is 4. The maximum Gasteiger partial charge on any atom is 0.312 e. The van der Waals surface area contributed by atoms with Crippen LogP contribution in [0.25, 0.3) is 0 Å². The van der Waals surface area contributed by atoms with Crippen molar-refractivity contribution < 1.29 is 9.53 Å². The molecule has 0 saturated heterocycles. The van der Waals surface area contributed by atoms with Gasteiger partial charge in [0.2, 0.25) is 0 Å². The van der Waals surface area contributed by atoms with Gasteiger partial charge in [0.25, 0.3) is 0 Å². The Balaban J connectivity index is 1.52. The highest BCUT2D eigenvalue weighted by atomic mass is 16.6. The molecule has 0 heterocycles. The lowest BCUT2D eigenvalue weighted by Crippen LogP contribution is -2.48. The summed E-state index contributed by atoms with van der Waals surface area (Å²) in [4.78, 5) is 12.7. The van der Waals surface area contributed by atoms with Crippen molar-refractivity contribution in [3.05, 3.63) is 0 Å². The third-order valence-electron chi connectivity index (χ3n) is 8.70. The summed E-state index contributed by atoms with van der Waals surface area (Å²) in [5.41, 5.74) is 0.175. The van der Waals surface area contributed by atoms with Gasteiger partial charge in [0.1, 0.15) is 5.60 Å². The molecule has 0 aromatic heterocycles. The molecular weight excluding hydrogens is 284 g/mol. The molecule has 4 rings (SSSR count). The first-order valence-corrected chi connectivity index (χ1v) is 10.1. The van der Waals surface area contributed by atoms with Crippen LogP contribution in [-0.4, -0.2) is 11.6 Å². The van der Waals surface area contributed by atoms with E-state index >= 15 is 0 Å². The number of carbonyl (C=O) groups excluding carboxylic acids is 1. The summed E-state index contributed by atoms with van der Waals surface area (Å²) in [5, 5.41) is 0. The van der Waals surface area contributed by atoms with Crippen molar-refractivity contribution in [3.63, 3.8) is 0 Å². The fraction of sp³-hybridized carbons (Fsp3) is 0.952. The van der Waals surface area contributed by atoms with Gasteiger partial charge in [-0.1, -0.05) is 20.3 Å². The number of esters is 1. The number of hydrogen-bond acceptors (Lipinski definition) is 2. The molecular formula is C21H34O2. The van der Waals surface area contributed by atoms with E-state index in [9.17, 15) is 4.79 Å². The number of hydrogen-bond donors (Lipinski definition) is 0. The molecule has 4 aliphatic rings. The van der Waals surface area contributed by atoms with Crippen LogP contribution in [0, 0.1) is 34.5 Å². The van der Waals surface area contributed by atoms with E-state index in [1.165, 1.54) is 38.5 Å². The highest BCUT2D eigenvalue weighted by molar-refractivity contribution is 5.76. The predicted octanol–water partition coefficient (Wildman–Crippen LogP) is 5.35. The molecule has 0 amide bonds. The SMILES string of the molecule is CCC(C)(C)C(=O)OC1(CC)CC2CC1CC21CC2CCC1C2. The van der Waals surface area contributed by atoms with Crippen LogP contribution in [0.5, 0.6) is 0 Å². The smallest absolute Gasteiger partial charge is 0.312 e. The molecule has 0 radical (unpaired) electrons. The van der Waals surface area contributed by atoms with Crippen molar-refractivity contribution in [3.8, 4) is 0 Å². The van der Waals surface area contributed by atoms with E-state index in [-0.39, 0.29) is 17.0 Å². The van der Waals surface area contributed by atoms with Crippen LogP contribution in [0.15, 0.2) is 0 Å². The zero-order valence-corrected chi connectivity index (χ0v) is 15.5. The summed E-state index contributed by atoms with van der Waals surface area (Å²) in [6.07, 6.45) is 11.7. The summed E-state index contributed by atoms with van der Waals surface area (Å²) >= 11 is 0. The second-order valence-corrected chi connectivity index (χ2v) is 9.90. The topological polar surface area (TPSA) is 26.3 Å². The van der Waals surface area contributed by atoms with Gasteiger partial charge in [-0.05, 0) is 94.3 Å². The number of fused-ring (bicyclic) bond motifs is 6. The van der Waals surface area contributed by atoms with Gasteiger partial charge >= 0.3 is 5.97 Å². The fourth-order valence-corrected chi connectivity index (χ4v) is 6.89. The molecule has 2 nitrogen and oxygen atoms in total. The minimum absolute atomic E-state index is 0.0383. The van der Waals surface area contributed by atoms with Gasteiger partial charge < -0.3 is 4.74 Å². The van der Waals surface area contributed by atoms with Crippen molar-refractivity contribution in [2.24, 2.45) is 34.5 Å². The minimum Gasteiger partial charge on any atom is -0.458 e. The second kappa shape index (κ2) is 4.99. The molecule has 23 heavy (non-hydrogen) atoms. The van der Waals surface area contributed by atoms with E-state index < -0.39 is 0 Å². The normalized spacial score (nSPS) is 47.7. The van der Waals surface area contributed by atoms with Gasteiger partial charge in [-0.3, -0.25) is 4.79 Å². The van der Waals surface area contributed by atoms with Gasteiger partial charge in [0.15, 0.2) is 0 Å².